The molecule has 1 aromatic rings. The maximum atomic E-state index is 12.8. The average Bonchev–Trinajstić information content (AvgIpc) is 2.49. The van der Waals surface area contributed by atoms with Crippen molar-refractivity contribution in [3.05, 3.63) is 22.7 Å². The molecule has 0 saturated heterocycles. The highest BCUT2D eigenvalue weighted by Crippen LogP contribution is 2.42. The third-order valence-corrected chi connectivity index (χ3v) is 5.78. The lowest BCUT2D eigenvalue weighted by Crippen LogP contribution is -2.48. The summed E-state index contributed by atoms with van der Waals surface area (Å²) in [5.74, 6) is 1.91. The number of ether oxygens (including phenoxy) is 1. The molecule has 4 nitrogen and oxygen atoms in total. The van der Waals surface area contributed by atoms with Crippen molar-refractivity contribution < 1.29 is 9.53 Å². The zero-order chi connectivity index (χ0) is 16.4. The van der Waals surface area contributed by atoms with E-state index in [2.05, 4.69) is 21.2 Å². The lowest BCUT2D eigenvalue weighted by atomic mass is 9.65. The molecule has 2 saturated carbocycles. The van der Waals surface area contributed by atoms with E-state index in [1.54, 1.807) is 0 Å². The number of anilines is 1. The van der Waals surface area contributed by atoms with Gasteiger partial charge in [0.2, 0.25) is 5.91 Å². The molecule has 24 heavy (non-hydrogen) atoms. The molecule has 3 rings (SSSR count). The molecule has 2 fully saturated rings. The molecule has 0 spiro atoms. The highest BCUT2D eigenvalue weighted by Gasteiger charge is 2.40. The Kier molecular flexibility index (Phi) is 6.96. The van der Waals surface area contributed by atoms with E-state index in [0.29, 0.717) is 18.4 Å². The van der Waals surface area contributed by atoms with Gasteiger partial charge >= 0.3 is 0 Å². The minimum atomic E-state index is 0. The number of nitrogens with one attached hydrogen (secondary N) is 1. The fourth-order valence-electron chi connectivity index (χ4n) is 4.12. The van der Waals surface area contributed by atoms with Crippen LogP contribution in [-0.2, 0) is 4.79 Å². The summed E-state index contributed by atoms with van der Waals surface area (Å²) in [7, 11) is 0. The van der Waals surface area contributed by atoms with Crippen LogP contribution in [-0.4, -0.2) is 18.6 Å². The second kappa shape index (κ2) is 8.54. The molecular weight excluding hydrogens is 392 g/mol. The van der Waals surface area contributed by atoms with Crippen LogP contribution in [0.3, 0.4) is 0 Å². The lowest BCUT2D eigenvalue weighted by molar-refractivity contribution is -0.122. The number of carbonyl (C=O) groups excluding carboxylic acids is 1. The van der Waals surface area contributed by atoms with Gasteiger partial charge in [-0.2, -0.15) is 0 Å². The molecule has 0 aromatic heterocycles. The first-order valence-electron chi connectivity index (χ1n) is 8.57. The number of halogens is 2. The van der Waals surface area contributed by atoms with E-state index in [1.807, 2.05) is 25.1 Å². The molecule has 3 N–H and O–H groups in total. The highest BCUT2D eigenvalue weighted by atomic mass is 79.9. The molecule has 0 radical (unpaired) electrons. The van der Waals surface area contributed by atoms with Crippen molar-refractivity contribution in [2.24, 2.45) is 23.5 Å². The first kappa shape index (κ1) is 19.5. The third-order valence-electron chi connectivity index (χ3n) is 5.28. The maximum absolute atomic E-state index is 12.8. The van der Waals surface area contributed by atoms with Crippen molar-refractivity contribution in [2.45, 2.75) is 45.1 Å². The first-order valence-corrected chi connectivity index (χ1v) is 9.36. The number of hydrogen-bond donors (Lipinski definition) is 2. The van der Waals surface area contributed by atoms with E-state index in [-0.39, 0.29) is 30.3 Å². The van der Waals surface area contributed by atoms with Crippen LogP contribution in [0.25, 0.3) is 0 Å². The molecule has 2 bridgehead atoms. The normalized spacial score (nSPS) is 28.6. The summed E-state index contributed by atoms with van der Waals surface area (Å²) in [6.07, 6.45) is 5.44. The Balaban J connectivity index is 0.00000208. The second-order valence-corrected chi connectivity index (χ2v) is 7.68. The van der Waals surface area contributed by atoms with E-state index in [0.717, 1.165) is 28.8 Å². The standard InChI is InChI=1S/C18H25BrN2O2.ClH/c1-2-23-16-7-6-14(19)10-15(16)21-18(22)13-8-11-4-3-5-12(9-13)17(11)20;/h6-7,10-13,17H,2-5,8-9,20H2,1H3,(H,21,22);1H. The van der Waals surface area contributed by atoms with Gasteiger partial charge < -0.3 is 15.8 Å². The van der Waals surface area contributed by atoms with Gasteiger partial charge in [0, 0.05) is 16.4 Å². The number of fused-ring (bicyclic) bond motifs is 2. The molecule has 2 unspecified atom stereocenters. The molecule has 2 atom stereocenters. The van der Waals surface area contributed by atoms with Crippen molar-refractivity contribution in [3.8, 4) is 5.75 Å². The maximum Gasteiger partial charge on any atom is 0.227 e. The average molecular weight is 418 g/mol. The predicted molar refractivity (Wildman–Crippen MR) is 103 cm³/mol. The monoisotopic (exact) mass is 416 g/mol. The van der Waals surface area contributed by atoms with Gasteiger partial charge in [-0.1, -0.05) is 22.4 Å². The minimum absolute atomic E-state index is 0. The van der Waals surface area contributed by atoms with Gasteiger partial charge in [-0.15, -0.1) is 12.4 Å². The molecule has 2 aliphatic carbocycles. The summed E-state index contributed by atoms with van der Waals surface area (Å²) in [6.45, 7) is 2.52. The smallest absolute Gasteiger partial charge is 0.227 e. The summed E-state index contributed by atoms with van der Waals surface area (Å²) in [5, 5.41) is 3.08. The van der Waals surface area contributed by atoms with Crippen molar-refractivity contribution in [2.75, 3.05) is 11.9 Å². The van der Waals surface area contributed by atoms with Gasteiger partial charge in [0.1, 0.15) is 5.75 Å². The zero-order valence-electron chi connectivity index (χ0n) is 14.0. The molecule has 2 aliphatic rings. The van der Waals surface area contributed by atoms with E-state index >= 15 is 0 Å². The van der Waals surface area contributed by atoms with Crippen LogP contribution in [0.1, 0.15) is 39.0 Å². The zero-order valence-corrected chi connectivity index (χ0v) is 16.4. The van der Waals surface area contributed by atoms with Gasteiger partial charge in [-0.3, -0.25) is 4.79 Å². The summed E-state index contributed by atoms with van der Waals surface area (Å²) in [4.78, 5) is 12.8. The molecule has 6 heteroatoms. The van der Waals surface area contributed by atoms with Crippen LogP contribution >= 0.6 is 28.3 Å². The van der Waals surface area contributed by atoms with Crippen molar-refractivity contribution in [1.82, 2.24) is 0 Å². The van der Waals surface area contributed by atoms with Crippen LogP contribution in [0.5, 0.6) is 5.75 Å². The van der Waals surface area contributed by atoms with Crippen LogP contribution < -0.4 is 15.8 Å². The van der Waals surface area contributed by atoms with E-state index in [9.17, 15) is 4.79 Å². The Morgan fingerprint density at radius 1 is 1.33 bits per heavy atom. The molecular formula is C18H26BrClN2O2. The Morgan fingerprint density at radius 2 is 2.00 bits per heavy atom. The van der Waals surface area contributed by atoms with Gasteiger partial charge in [-0.25, -0.2) is 0 Å². The lowest BCUT2D eigenvalue weighted by Gasteiger charge is -2.43. The van der Waals surface area contributed by atoms with Gasteiger partial charge in [0.05, 0.1) is 12.3 Å². The molecule has 0 aliphatic heterocycles. The SMILES string of the molecule is CCOc1ccc(Br)cc1NC(=O)C1CC2CCCC(C1)C2N.Cl. The summed E-state index contributed by atoms with van der Waals surface area (Å²) >= 11 is 3.46. The van der Waals surface area contributed by atoms with Gasteiger partial charge in [-0.05, 0) is 62.6 Å². The Labute approximate surface area is 158 Å². The van der Waals surface area contributed by atoms with Crippen LogP contribution in [0.2, 0.25) is 0 Å². The topological polar surface area (TPSA) is 64.3 Å². The number of benzene rings is 1. The Hall–Kier alpha value is -0.780. The Morgan fingerprint density at radius 3 is 2.62 bits per heavy atom. The van der Waals surface area contributed by atoms with Crippen molar-refractivity contribution >= 4 is 39.9 Å². The second-order valence-electron chi connectivity index (χ2n) is 6.76. The van der Waals surface area contributed by atoms with E-state index in [4.69, 9.17) is 10.5 Å². The van der Waals surface area contributed by atoms with Crippen molar-refractivity contribution in [3.63, 3.8) is 0 Å². The highest BCUT2D eigenvalue weighted by molar-refractivity contribution is 9.10. The summed E-state index contributed by atoms with van der Waals surface area (Å²) in [5.41, 5.74) is 7.07. The number of amides is 1. The molecule has 1 amide bonds. The van der Waals surface area contributed by atoms with E-state index < -0.39 is 0 Å². The summed E-state index contributed by atoms with van der Waals surface area (Å²) < 4.78 is 6.55. The summed E-state index contributed by atoms with van der Waals surface area (Å²) in [6, 6.07) is 6.00. The molecule has 134 valence electrons. The van der Waals surface area contributed by atoms with Crippen LogP contribution in [0.15, 0.2) is 22.7 Å². The predicted octanol–water partition coefficient (Wildman–Crippen LogP) is 4.36. The molecule has 0 heterocycles. The van der Waals surface area contributed by atoms with E-state index in [1.165, 1.54) is 19.3 Å². The Bertz CT molecular complexity index is 570. The number of nitrogens with two attached hydrogens (primary N) is 1. The van der Waals surface area contributed by atoms with Crippen LogP contribution in [0.4, 0.5) is 5.69 Å². The fourth-order valence-corrected chi connectivity index (χ4v) is 4.48. The number of rotatable bonds is 4. The van der Waals surface area contributed by atoms with Gasteiger partial charge in [0.25, 0.3) is 0 Å². The fraction of sp³-hybridized carbons (Fsp3) is 0.611. The number of hydrogen-bond acceptors (Lipinski definition) is 3. The quantitative estimate of drug-likeness (QED) is 0.765. The molecule has 1 aromatic carbocycles. The largest absolute Gasteiger partial charge is 0.492 e. The first-order chi connectivity index (χ1) is 11.1. The third kappa shape index (κ3) is 4.24. The van der Waals surface area contributed by atoms with Crippen molar-refractivity contribution in [1.29, 1.82) is 0 Å². The minimum Gasteiger partial charge on any atom is -0.492 e. The van der Waals surface area contributed by atoms with Gasteiger partial charge in [0.15, 0.2) is 0 Å². The van der Waals surface area contributed by atoms with Crippen LogP contribution in [0, 0.1) is 17.8 Å². The number of carbonyl (C=O) groups is 1.